The molecule has 3 heterocycles. The smallest absolute Gasteiger partial charge is 0.247 e. The Kier molecular flexibility index (Phi) is 4.65. The quantitative estimate of drug-likeness (QED) is 0.624. The van der Waals surface area contributed by atoms with Gasteiger partial charge in [0.2, 0.25) is 11.0 Å². The molecule has 0 aliphatic carbocycles. The van der Waals surface area contributed by atoms with Gasteiger partial charge in [0, 0.05) is 23.4 Å². The predicted octanol–water partition coefficient (Wildman–Crippen LogP) is 4.55. The highest BCUT2D eigenvalue weighted by Crippen LogP contribution is 2.44. The molecule has 4 rings (SSSR count). The molecule has 0 unspecified atom stereocenters. The summed E-state index contributed by atoms with van der Waals surface area (Å²) in [5.74, 6) is 0.373. The van der Waals surface area contributed by atoms with Gasteiger partial charge in [-0.05, 0) is 52.3 Å². The van der Waals surface area contributed by atoms with Crippen molar-refractivity contribution in [1.29, 1.82) is 0 Å². The van der Waals surface area contributed by atoms with Crippen LogP contribution in [-0.4, -0.2) is 15.7 Å². The molecule has 2 aromatic heterocycles. The van der Waals surface area contributed by atoms with Gasteiger partial charge in [-0.15, -0.1) is 0 Å². The van der Waals surface area contributed by atoms with Gasteiger partial charge >= 0.3 is 0 Å². The number of benzene rings is 1. The Hall–Kier alpha value is -3.54. The van der Waals surface area contributed by atoms with Gasteiger partial charge in [-0.1, -0.05) is 11.6 Å². The average Bonchev–Trinajstić information content (AvgIpc) is 2.67. The normalized spacial score (nSPS) is 14.3. The van der Waals surface area contributed by atoms with Crippen molar-refractivity contribution in [3.05, 3.63) is 74.0 Å². The molecule has 0 amide bonds. The molecule has 0 spiro atoms. The van der Waals surface area contributed by atoms with Gasteiger partial charge in [0.1, 0.15) is 28.7 Å². The van der Waals surface area contributed by atoms with Crippen LogP contribution in [0.4, 0.5) is 0 Å². The van der Waals surface area contributed by atoms with Crippen molar-refractivity contribution in [2.75, 3.05) is 0 Å². The monoisotopic (exact) mass is 405 g/mol. The van der Waals surface area contributed by atoms with Crippen LogP contribution in [-0.2, 0) is 6.42 Å². The molecule has 0 atom stereocenters. The van der Waals surface area contributed by atoms with Gasteiger partial charge in [0.05, 0.1) is 11.1 Å². The van der Waals surface area contributed by atoms with Crippen molar-refractivity contribution in [2.24, 2.45) is 0 Å². The zero-order valence-corrected chi connectivity index (χ0v) is 17.3. The van der Waals surface area contributed by atoms with E-state index in [2.05, 4.69) is 4.98 Å². The van der Waals surface area contributed by atoms with Crippen LogP contribution >= 0.6 is 0 Å². The molecule has 2 N–H and O–H groups in total. The summed E-state index contributed by atoms with van der Waals surface area (Å²) in [6.45, 7) is 7.79. The maximum Gasteiger partial charge on any atom is 0.247 e. The van der Waals surface area contributed by atoms with Crippen LogP contribution in [0.15, 0.2) is 56.3 Å². The minimum absolute atomic E-state index is 0.0996. The van der Waals surface area contributed by atoms with Crippen molar-refractivity contribution in [1.82, 2.24) is 4.98 Å². The van der Waals surface area contributed by atoms with E-state index in [1.807, 2.05) is 45.9 Å². The molecule has 1 aliphatic rings. The molecular weight excluding hydrogens is 382 g/mol. The van der Waals surface area contributed by atoms with Gasteiger partial charge in [0.25, 0.3) is 0 Å². The fourth-order valence-electron chi connectivity index (χ4n) is 3.53. The SMILES string of the molecule is CC(C)=CCc1c2c(c3occ(-c4ccc(=O)[nH]c4)c(=O)c3c1O)C=CC(C)(C)O2. The number of ether oxygens (including phenoxy) is 1. The lowest BCUT2D eigenvalue weighted by atomic mass is 9.94. The summed E-state index contributed by atoms with van der Waals surface area (Å²) in [7, 11) is 0. The van der Waals surface area contributed by atoms with Gasteiger partial charge in [-0.2, -0.15) is 0 Å². The highest BCUT2D eigenvalue weighted by molar-refractivity contribution is 5.97. The van der Waals surface area contributed by atoms with Crippen LogP contribution in [0.1, 0.15) is 38.8 Å². The first-order valence-electron chi connectivity index (χ1n) is 9.72. The number of H-pyrrole nitrogens is 1. The number of aromatic amines is 1. The number of phenols is 1. The van der Waals surface area contributed by atoms with Crippen LogP contribution in [0.2, 0.25) is 0 Å². The van der Waals surface area contributed by atoms with Crippen molar-refractivity contribution in [3.63, 3.8) is 0 Å². The molecule has 30 heavy (non-hydrogen) atoms. The number of phenolic OH excluding ortho intramolecular Hbond substituents is 1. The van der Waals surface area contributed by atoms with E-state index >= 15 is 0 Å². The second-order valence-electron chi connectivity index (χ2n) is 8.22. The summed E-state index contributed by atoms with van der Waals surface area (Å²) in [6.07, 6.45) is 8.95. The number of hydrogen-bond donors (Lipinski definition) is 2. The molecule has 6 nitrogen and oxygen atoms in total. The molecule has 154 valence electrons. The molecule has 1 aromatic carbocycles. The molecule has 0 saturated heterocycles. The van der Waals surface area contributed by atoms with Crippen molar-refractivity contribution < 1.29 is 14.3 Å². The van der Waals surface area contributed by atoms with E-state index in [0.29, 0.717) is 28.9 Å². The fourth-order valence-corrected chi connectivity index (χ4v) is 3.53. The molecule has 0 fully saturated rings. The topological polar surface area (TPSA) is 92.5 Å². The van der Waals surface area contributed by atoms with Crippen LogP contribution in [0.25, 0.3) is 28.2 Å². The molecule has 6 heteroatoms. The number of pyridine rings is 1. The minimum atomic E-state index is -0.553. The third-order valence-electron chi connectivity index (χ3n) is 5.11. The lowest BCUT2D eigenvalue weighted by Crippen LogP contribution is -2.28. The maximum atomic E-state index is 13.3. The van der Waals surface area contributed by atoms with Crippen LogP contribution in [0, 0.1) is 0 Å². The highest BCUT2D eigenvalue weighted by Gasteiger charge is 2.30. The first kappa shape index (κ1) is 19.8. The Bertz CT molecular complexity index is 1310. The van der Waals surface area contributed by atoms with Crippen molar-refractivity contribution >= 4 is 17.0 Å². The first-order valence-corrected chi connectivity index (χ1v) is 9.72. The second kappa shape index (κ2) is 7.06. The number of nitrogens with one attached hydrogen (secondary N) is 1. The molecule has 1 aliphatic heterocycles. The maximum absolute atomic E-state index is 13.3. The van der Waals surface area contributed by atoms with E-state index in [1.165, 1.54) is 18.5 Å². The summed E-state index contributed by atoms with van der Waals surface area (Å²) in [5.41, 5.74) is 2.09. The molecule has 0 radical (unpaired) electrons. The van der Waals surface area contributed by atoms with E-state index in [4.69, 9.17) is 9.15 Å². The zero-order chi connectivity index (χ0) is 21.6. The summed E-state index contributed by atoms with van der Waals surface area (Å²) >= 11 is 0. The fraction of sp³-hybridized carbons (Fsp3) is 0.250. The predicted molar refractivity (Wildman–Crippen MR) is 117 cm³/mol. The first-order chi connectivity index (χ1) is 14.2. The Morgan fingerprint density at radius 2 is 2.00 bits per heavy atom. The third kappa shape index (κ3) is 3.34. The number of aromatic nitrogens is 1. The standard InChI is InChI=1S/C24H23NO5/c1-13(2)5-7-15-20(27)19-21(28)17(14-6-8-18(26)25-11-14)12-29-23(19)16-9-10-24(3,4)30-22(15)16/h5-6,8-12,27H,7H2,1-4H3,(H,25,26). The summed E-state index contributed by atoms with van der Waals surface area (Å²) in [6, 6.07) is 2.88. The largest absolute Gasteiger partial charge is 0.507 e. The van der Waals surface area contributed by atoms with Crippen LogP contribution < -0.4 is 15.7 Å². The van der Waals surface area contributed by atoms with E-state index in [9.17, 15) is 14.7 Å². The van der Waals surface area contributed by atoms with E-state index < -0.39 is 5.60 Å². The average molecular weight is 405 g/mol. The van der Waals surface area contributed by atoms with E-state index in [1.54, 1.807) is 6.07 Å². The minimum Gasteiger partial charge on any atom is -0.507 e. The zero-order valence-electron chi connectivity index (χ0n) is 17.3. The molecular formula is C24H23NO5. The van der Waals surface area contributed by atoms with Gasteiger partial charge in [0.15, 0.2) is 5.58 Å². The lowest BCUT2D eigenvalue weighted by Gasteiger charge is -2.30. The molecule has 0 saturated carbocycles. The highest BCUT2D eigenvalue weighted by atomic mass is 16.5. The number of rotatable bonds is 3. The lowest BCUT2D eigenvalue weighted by molar-refractivity contribution is 0.157. The number of allylic oxidation sites excluding steroid dienone is 2. The van der Waals surface area contributed by atoms with E-state index in [-0.39, 0.29) is 33.3 Å². The number of hydrogen-bond acceptors (Lipinski definition) is 5. The van der Waals surface area contributed by atoms with Gasteiger partial charge in [-0.25, -0.2) is 0 Å². The number of aromatic hydroxyl groups is 1. The summed E-state index contributed by atoms with van der Waals surface area (Å²) in [5, 5.41) is 11.2. The second-order valence-corrected chi connectivity index (χ2v) is 8.22. The Labute approximate surface area is 173 Å². The Balaban J connectivity index is 2.06. The molecule has 0 bridgehead atoms. The van der Waals surface area contributed by atoms with Gasteiger partial charge < -0.3 is 19.2 Å². The van der Waals surface area contributed by atoms with Crippen LogP contribution in [0.5, 0.6) is 11.5 Å². The summed E-state index contributed by atoms with van der Waals surface area (Å²) < 4.78 is 12.0. The van der Waals surface area contributed by atoms with Gasteiger partial charge in [-0.3, -0.25) is 9.59 Å². The van der Waals surface area contributed by atoms with E-state index in [0.717, 1.165) is 5.57 Å². The summed E-state index contributed by atoms with van der Waals surface area (Å²) in [4.78, 5) is 27.3. The van der Waals surface area contributed by atoms with Crippen molar-refractivity contribution in [2.45, 2.75) is 39.7 Å². The number of fused-ring (bicyclic) bond motifs is 3. The third-order valence-corrected chi connectivity index (χ3v) is 5.11. The Morgan fingerprint density at radius 1 is 1.23 bits per heavy atom. The molecule has 3 aromatic rings. The van der Waals surface area contributed by atoms with Crippen molar-refractivity contribution in [3.8, 4) is 22.6 Å². The Morgan fingerprint density at radius 3 is 2.67 bits per heavy atom. The van der Waals surface area contributed by atoms with Crippen LogP contribution in [0.3, 0.4) is 0 Å².